The number of hydrogen-bond donors (Lipinski definition) is 1. The molecule has 1 N–H and O–H groups in total. The van der Waals surface area contributed by atoms with Crippen LogP contribution in [0.2, 0.25) is 0 Å². The van der Waals surface area contributed by atoms with Gasteiger partial charge in [-0.05, 0) is 36.8 Å². The van der Waals surface area contributed by atoms with E-state index in [9.17, 15) is 0 Å². The molecule has 0 radical (unpaired) electrons. The zero-order valence-electron chi connectivity index (χ0n) is 11.4. The van der Waals surface area contributed by atoms with Crippen molar-refractivity contribution in [1.82, 2.24) is 10.2 Å². The molecular weight excluding hydrogens is 220 g/mol. The van der Waals surface area contributed by atoms with Crippen molar-refractivity contribution < 1.29 is 0 Å². The third-order valence-electron chi connectivity index (χ3n) is 4.66. The first-order valence-corrected chi connectivity index (χ1v) is 7.41. The van der Waals surface area contributed by atoms with Crippen LogP contribution in [-0.4, -0.2) is 36.6 Å². The molecule has 1 aromatic rings. The predicted molar refractivity (Wildman–Crippen MR) is 75.9 cm³/mol. The maximum atomic E-state index is 3.53. The van der Waals surface area contributed by atoms with Crippen LogP contribution < -0.4 is 5.32 Å². The van der Waals surface area contributed by atoms with Crippen molar-refractivity contribution in [1.29, 1.82) is 0 Å². The van der Waals surface area contributed by atoms with Gasteiger partial charge in [-0.15, -0.1) is 0 Å². The topological polar surface area (TPSA) is 15.3 Å². The van der Waals surface area contributed by atoms with Gasteiger partial charge in [-0.3, -0.25) is 4.90 Å². The Hall–Kier alpha value is -0.860. The zero-order chi connectivity index (χ0) is 12.4. The number of rotatable bonds is 2. The van der Waals surface area contributed by atoms with E-state index in [4.69, 9.17) is 0 Å². The average molecular weight is 244 g/mol. The Morgan fingerprint density at radius 3 is 2.94 bits per heavy atom. The van der Waals surface area contributed by atoms with Crippen molar-refractivity contribution in [3.05, 3.63) is 35.4 Å². The first-order valence-electron chi connectivity index (χ1n) is 7.41. The third kappa shape index (κ3) is 2.32. The van der Waals surface area contributed by atoms with E-state index in [0.29, 0.717) is 0 Å². The molecule has 1 aromatic carbocycles. The summed E-state index contributed by atoms with van der Waals surface area (Å²) in [6.45, 7) is 5.88. The highest BCUT2D eigenvalue weighted by atomic mass is 15.2. The molecule has 2 nitrogen and oxygen atoms in total. The van der Waals surface area contributed by atoms with E-state index in [1.54, 1.807) is 11.1 Å². The van der Waals surface area contributed by atoms with Crippen LogP contribution in [0.3, 0.4) is 0 Å². The second-order valence-corrected chi connectivity index (χ2v) is 5.67. The second-order valence-electron chi connectivity index (χ2n) is 5.67. The molecule has 1 fully saturated rings. The van der Waals surface area contributed by atoms with Gasteiger partial charge < -0.3 is 5.32 Å². The molecule has 18 heavy (non-hydrogen) atoms. The van der Waals surface area contributed by atoms with E-state index in [1.165, 1.54) is 38.8 Å². The van der Waals surface area contributed by atoms with Crippen LogP contribution >= 0.6 is 0 Å². The minimum atomic E-state index is 0.744. The Bertz CT molecular complexity index is 402. The van der Waals surface area contributed by atoms with Gasteiger partial charge in [0.05, 0.1) is 0 Å². The molecule has 1 heterocycles. The average Bonchev–Trinajstić information content (AvgIpc) is 2.46. The van der Waals surface area contributed by atoms with Gasteiger partial charge in [0.25, 0.3) is 0 Å². The highest BCUT2D eigenvalue weighted by Crippen LogP contribution is 2.26. The summed E-state index contributed by atoms with van der Waals surface area (Å²) in [5, 5.41) is 3.53. The monoisotopic (exact) mass is 244 g/mol. The van der Waals surface area contributed by atoms with Crippen LogP contribution in [-0.2, 0) is 12.8 Å². The molecule has 1 saturated heterocycles. The maximum absolute atomic E-state index is 3.53. The van der Waals surface area contributed by atoms with Crippen LogP contribution in [0.4, 0.5) is 0 Å². The molecule has 3 rings (SSSR count). The van der Waals surface area contributed by atoms with E-state index < -0.39 is 0 Å². The van der Waals surface area contributed by atoms with Crippen LogP contribution in [0.15, 0.2) is 24.3 Å². The molecule has 98 valence electrons. The van der Waals surface area contributed by atoms with Gasteiger partial charge in [-0.1, -0.05) is 31.2 Å². The van der Waals surface area contributed by atoms with Crippen molar-refractivity contribution in [3.8, 4) is 0 Å². The lowest BCUT2D eigenvalue weighted by atomic mass is 9.86. The Morgan fingerprint density at radius 1 is 1.28 bits per heavy atom. The van der Waals surface area contributed by atoms with Gasteiger partial charge in [0.2, 0.25) is 0 Å². The standard InChI is InChI=1S/C16H24N2/c1-2-15-12-17-9-10-18(15)16-8-7-13-5-3-4-6-14(13)11-16/h3-6,15-17H,2,7-12H2,1H3. The lowest BCUT2D eigenvalue weighted by Gasteiger charge is -2.43. The summed E-state index contributed by atoms with van der Waals surface area (Å²) in [6, 6.07) is 10.5. The fourth-order valence-corrected chi connectivity index (χ4v) is 3.60. The summed E-state index contributed by atoms with van der Waals surface area (Å²) in [5.74, 6) is 0. The van der Waals surface area contributed by atoms with Gasteiger partial charge in [-0.2, -0.15) is 0 Å². The smallest absolute Gasteiger partial charge is 0.0221 e. The number of nitrogens with zero attached hydrogens (tertiary/aromatic N) is 1. The molecule has 2 aliphatic rings. The van der Waals surface area contributed by atoms with E-state index in [0.717, 1.165) is 18.6 Å². The van der Waals surface area contributed by atoms with Crippen LogP contribution in [0.5, 0.6) is 0 Å². The number of fused-ring (bicyclic) bond motifs is 1. The molecule has 0 spiro atoms. The summed E-state index contributed by atoms with van der Waals surface area (Å²) < 4.78 is 0. The van der Waals surface area contributed by atoms with Crippen LogP contribution in [0, 0.1) is 0 Å². The summed E-state index contributed by atoms with van der Waals surface area (Å²) in [6.07, 6.45) is 5.13. The number of piperazine rings is 1. The summed E-state index contributed by atoms with van der Waals surface area (Å²) in [5.41, 5.74) is 3.17. The number of nitrogens with one attached hydrogen (secondary N) is 1. The van der Waals surface area contributed by atoms with Gasteiger partial charge in [-0.25, -0.2) is 0 Å². The Balaban J connectivity index is 1.74. The molecule has 2 heteroatoms. The second kappa shape index (κ2) is 5.41. The van der Waals surface area contributed by atoms with Crippen molar-refractivity contribution in [2.45, 2.75) is 44.7 Å². The van der Waals surface area contributed by atoms with Gasteiger partial charge in [0.1, 0.15) is 0 Å². The third-order valence-corrected chi connectivity index (χ3v) is 4.66. The maximum Gasteiger partial charge on any atom is 0.0221 e. The fourth-order valence-electron chi connectivity index (χ4n) is 3.60. The van der Waals surface area contributed by atoms with Crippen molar-refractivity contribution in [2.75, 3.05) is 19.6 Å². The van der Waals surface area contributed by atoms with Gasteiger partial charge in [0, 0.05) is 31.7 Å². The van der Waals surface area contributed by atoms with E-state index in [-0.39, 0.29) is 0 Å². The van der Waals surface area contributed by atoms with E-state index >= 15 is 0 Å². The molecular formula is C16H24N2. The molecule has 2 unspecified atom stereocenters. The molecule has 0 aromatic heterocycles. The normalized spacial score (nSPS) is 28.9. The largest absolute Gasteiger partial charge is 0.314 e. The number of benzene rings is 1. The molecule has 2 atom stereocenters. The van der Waals surface area contributed by atoms with Gasteiger partial charge >= 0.3 is 0 Å². The SMILES string of the molecule is CCC1CNCCN1C1CCc2ccccc2C1. The predicted octanol–water partition coefficient (Wildman–Crippen LogP) is 2.23. The first-order chi connectivity index (χ1) is 8.88. The zero-order valence-corrected chi connectivity index (χ0v) is 11.4. The Labute approximate surface area is 110 Å². The fraction of sp³-hybridized carbons (Fsp3) is 0.625. The van der Waals surface area contributed by atoms with Crippen molar-refractivity contribution >= 4 is 0 Å². The lowest BCUT2D eigenvalue weighted by Crippen LogP contribution is -2.56. The highest BCUT2D eigenvalue weighted by Gasteiger charge is 2.29. The molecule has 1 aliphatic carbocycles. The Morgan fingerprint density at radius 2 is 2.11 bits per heavy atom. The lowest BCUT2D eigenvalue weighted by molar-refractivity contribution is 0.0939. The molecule has 0 saturated carbocycles. The molecule has 1 aliphatic heterocycles. The molecule has 0 amide bonds. The van der Waals surface area contributed by atoms with Crippen molar-refractivity contribution in [2.24, 2.45) is 0 Å². The quantitative estimate of drug-likeness (QED) is 0.858. The summed E-state index contributed by atoms with van der Waals surface area (Å²) in [4.78, 5) is 2.77. The number of hydrogen-bond acceptors (Lipinski definition) is 2. The molecule has 0 bridgehead atoms. The van der Waals surface area contributed by atoms with Gasteiger partial charge in [0.15, 0.2) is 0 Å². The minimum Gasteiger partial charge on any atom is -0.314 e. The number of aryl methyl sites for hydroxylation is 1. The van der Waals surface area contributed by atoms with Crippen LogP contribution in [0.1, 0.15) is 30.9 Å². The highest BCUT2D eigenvalue weighted by molar-refractivity contribution is 5.30. The summed E-state index contributed by atoms with van der Waals surface area (Å²) >= 11 is 0. The minimum absolute atomic E-state index is 0.744. The van der Waals surface area contributed by atoms with Crippen molar-refractivity contribution in [3.63, 3.8) is 0 Å². The van der Waals surface area contributed by atoms with E-state index in [1.807, 2.05) is 0 Å². The van der Waals surface area contributed by atoms with E-state index in [2.05, 4.69) is 41.4 Å². The Kier molecular flexibility index (Phi) is 3.67. The summed E-state index contributed by atoms with van der Waals surface area (Å²) in [7, 11) is 0. The van der Waals surface area contributed by atoms with Crippen LogP contribution in [0.25, 0.3) is 0 Å². The first kappa shape index (κ1) is 12.2.